The highest BCUT2D eigenvalue weighted by Crippen LogP contribution is 2.37. The summed E-state index contributed by atoms with van der Waals surface area (Å²) in [4.78, 5) is 31.4. The molecule has 37 heavy (non-hydrogen) atoms. The molecule has 4 aromatic rings. The van der Waals surface area contributed by atoms with E-state index in [1.807, 2.05) is 0 Å². The number of halogens is 7. The van der Waals surface area contributed by atoms with Crippen molar-refractivity contribution in [2.24, 2.45) is 7.05 Å². The van der Waals surface area contributed by atoms with Crippen molar-refractivity contribution in [3.8, 4) is 11.1 Å². The Bertz CT molecular complexity index is 1520. The molecular weight excluding hydrogens is 527 g/mol. The highest BCUT2D eigenvalue weighted by atomic mass is 32.1. The number of amides is 1. The Balaban J connectivity index is 1.83. The summed E-state index contributed by atoms with van der Waals surface area (Å²) >= 11 is 1.05. The van der Waals surface area contributed by atoms with E-state index in [1.54, 1.807) is 0 Å². The molecule has 0 N–H and O–H groups in total. The number of thiazole rings is 1. The molecule has 2 aromatic heterocycles. The smallest absolute Gasteiger partial charge is 0.336 e. The number of pyridine rings is 1. The fourth-order valence-electron chi connectivity index (χ4n) is 3.88. The number of rotatable bonds is 4. The molecule has 13 heteroatoms. The highest BCUT2D eigenvalue weighted by Gasteiger charge is 2.37. The van der Waals surface area contributed by atoms with Crippen LogP contribution in [0, 0.1) is 5.82 Å². The molecule has 0 fully saturated rings. The Labute approximate surface area is 208 Å². The summed E-state index contributed by atoms with van der Waals surface area (Å²) in [7, 11) is 2.48. The average Bonchev–Trinajstić information content (AvgIpc) is 3.30. The Morgan fingerprint density at radius 1 is 1.00 bits per heavy atom. The van der Waals surface area contributed by atoms with Crippen LogP contribution in [0.5, 0.6) is 0 Å². The van der Waals surface area contributed by atoms with Gasteiger partial charge < -0.3 is 9.47 Å². The lowest BCUT2D eigenvalue weighted by Crippen LogP contribution is -2.33. The van der Waals surface area contributed by atoms with Crippen LogP contribution in [-0.2, 0) is 25.9 Å². The van der Waals surface area contributed by atoms with E-state index in [4.69, 9.17) is 0 Å². The van der Waals surface area contributed by atoms with Crippen molar-refractivity contribution in [3.05, 3.63) is 86.5 Å². The molecule has 0 atom stereocenters. The van der Waals surface area contributed by atoms with Gasteiger partial charge in [0.2, 0.25) is 0 Å². The number of aromatic nitrogens is 2. The SMILES string of the molecule is CN(Cc1cc(C(F)(F)F)cc(C(F)(F)F)c1)C(=O)c1c(-c2ccc(F)cc2)c2scnc2c(=O)n1C. The molecule has 5 nitrogen and oxygen atoms in total. The van der Waals surface area contributed by atoms with Crippen molar-refractivity contribution in [1.29, 1.82) is 0 Å². The molecule has 0 aliphatic heterocycles. The molecule has 0 saturated heterocycles. The Hall–Kier alpha value is -3.74. The molecule has 2 aromatic carbocycles. The van der Waals surface area contributed by atoms with E-state index in [0.717, 1.165) is 32.9 Å². The topological polar surface area (TPSA) is 55.2 Å². The molecule has 0 bridgehead atoms. The number of hydrogen-bond acceptors (Lipinski definition) is 4. The summed E-state index contributed by atoms with van der Waals surface area (Å²) in [6.07, 6.45) is -10.1. The lowest BCUT2D eigenvalue weighted by molar-refractivity contribution is -0.143. The summed E-state index contributed by atoms with van der Waals surface area (Å²) in [5.74, 6) is -1.40. The van der Waals surface area contributed by atoms with Gasteiger partial charge in [-0.15, -0.1) is 11.3 Å². The number of carbonyl (C=O) groups excluding carboxylic acids is 1. The molecule has 0 radical (unpaired) electrons. The predicted molar refractivity (Wildman–Crippen MR) is 122 cm³/mol. The van der Waals surface area contributed by atoms with Crippen LogP contribution < -0.4 is 5.56 Å². The van der Waals surface area contributed by atoms with Crippen molar-refractivity contribution in [2.45, 2.75) is 18.9 Å². The third kappa shape index (κ3) is 5.08. The van der Waals surface area contributed by atoms with Gasteiger partial charge >= 0.3 is 12.4 Å². The van der Waals surface area contributed by atoms with E-state index in [1.165, 1.54) is 31.7 Å². The van der Waals surface area contributed by atoms with Crippen molar-refractivity contribution >= 4 is 27.5 Å². The zero-order valence-corrected chi connectivity index (χ0v) is 19.9. The Morgan fingerprint density at radius 2 is 1.57 bits per heavy atom. The highest BCUT2D eigenvalue weighted by molar-refractivity contribution is 7.17. The number of benzene rings is 2. The van der Waals surface area contributed by atoms with Crippen molar-refractivity contribution in [1.82, 2.24) is 14.5 Å². The normalized spacial score (nSPS) is 12.2. The molecular formula is C24H16F7N3O2S. The lowest BCUT2D eigenvalue weighted by atomic mass is 10.0. The second-order valence-corrected chi connectivity index (χ2v) is 9.05. The maximum atomic E-state index is 13.6. The van der Waals surface area contributed by atoms with Gasteiger partial charge in [0, 0.05) is 26.2 Å². The zero-order valence-electron chi connectivity index (χ0n) is 19.0. The van der Waals surface area contributed by atoms with Crippen LogP contribution in [0.3, 0.4) is 0 Å². The van der Waals surface area contributed by atoms with Crippen molar-refractivity contribution in [3.63, 3.8) is 0 Å². The minimum Gasteiger partial charge on any atom is -0.336 e. The maximum Gasteiger partial charge on any atom is 0.416 e. The van der Waals surface area contributed by atoms with Gasteiger partial charge in [0.1, 0.15) is 17.0 Å². The average molecular weight is 543 g/mol. The second kappa shape index (κ2) is 9.29. The zero-order chi connectivity index (χ0) is 27.3. The molecule has 0 unspecified atom stereocenters. The largest absolute Gasteiger partial charge is 0.416 e. The quantitative estimate of drug-likeness (QED) is 0.292. The summed E-state index contributed by atoms with van der Waals surface area (Å²) in [5, 5.41) is 0. The third-order valence-corrected chi connectivity index (χ3v) is 6.47. The van der Waals surface area contributed by atoms with Crippen LogP contribution in [-0.4, -0.2) is 27.4 Å². The van der Waals surface area contributed by atoms with E-state index in [0.29, 0.717) is 22.4 Å². The van der Waals surface area contributed by atoms with Crippen LogP contribution in [0.1, 0.15) is 27.2 Å². The van der Waals surface area contributed by atoms with E-state index in [-0.39, 0.29) is 22.8 Å². The van der Waals surface area contributed by atoms with Gasteiger partial charge in [0.15, 0.2) is 0 Å². The minimum atomic E-state index is -5.05. The number of fused-ring (bicyclic) bond motifs is 1. The molecule has 0 aliphatic carbocycles. The first-order valence-electron chi connectivity index (χ1n) is 10.4. The van der Waals surface area contributed by atoms with E-state index < -0.39 is 52.9 Å². The van der Waals surface area contributed by atoms with E-state index in [9.17, 15) is 40.3 Å². The predicted octanol–water partition coefficient (Wildman–Crippen LogP) is 6.11. The van der Waals surface area contributed by atoms with Crippen LogP contribution in [0.15, 0.2) is 52.8 Å². The fourth-order valence-corrected chi connectivity index (χ4v) is 4.73. The standard InChI is InChI=1S/C24H16F7N3O2S/c1-33(10-12-7-14(23(26,27)28)9-15(8-12)24(29,30)31)22(36)19-17(13-3-5-16(25)6-4-13)20-18(32-11-37-20)21(35)34(19)2/h3-9,11H,10H2,1-2H3. The van der Waals surface area contributed by atoms with E-state index in [2.05, 4.69) is 4.98 Å². The first kappa shape index (κ1) is 26.3. The van der Waals surface area contributed by atoms with Gasteiger partial charge in [0.05, 0.1) is 21.3 Å². The summed E-state index contributed by atoms with van der Waals surface area (Å²) in [6, 6.07) is 6.12. The van der Waals surface area contributed by atoms with Gasteiger partial charge in [-0.3, -0.25) is 9.59 Å². The second-order valence-electron chi connectivity index (χ2n) is 8.20. The van der Waals surface area contributed by atoms with E-state index >= 15 is 0 Å². The number of alkyl halides is 6. The van der Waals surface area contributed by atoms with Gasteiger partial charge in [-0.05, 0) is 41.5 Å². The number of hydrogen-bond donors (Lipinski definition) is 0. The summed E-state index contributed by atoms with van der Waals surface area (Å²) in [6.45, 7) is -0.621. The van der Waals surface area contributed by atoms with Crippen LogP contribution in [0.2, 0.25) is 0 Å². The van der Waals surface area contributed by atoms with Crippen LogP contribution >= 0.6 is 11.3 Å². The first-order valence-corrected chi connectivity index (χ1v) is 11.3. The number of nitrogens with zero attached hydrogens (tertiary/aromatic N) is 3. The maximum absolute atomic E-state index is 13.6. The van der Waals surface area contributed by atoms with Gasteiger partial charge in [-0.1, -0.05) is 12.1 Å². The first-order chi connectivity index (χ1) is 17.2. The minimum absolute atomic E-state index is 0.000606. The molecule has 194 valence electrons. The number of carbonyl (C=O) groups is 1. The third-order valence-electron chi connectivity index (χ3n) is 5.62. The molecule has 2 heterocycles. The Morgan fingerprint density at radius 3 is 2.11 bits per heavy atom. The molecule has 4 rings (SSSR count). The van der Waals surface area contributed by atoms with Gasteiger partial charge in [-0.25, -0.2) is 9.37 Å². The van der Waals surface area contributed by atoms with Crippen molar-refractivity contribution in [2.75, 3.05) is 7.05 Å². The van der Waals surface area contributed by atoms with Crippen molar-refractivity contribution < 1.29 is 35.5 Å². The van der Waals surface area contributed by atoms with Crippen LogP contribution in [0.4, 0.5) is 30.7 Å². The summed E-state index contributed by atoms with van der Waals surface area (Å²) in [5.41, 5.74) is -2.21. The molecule has 0 aliphatic rings. The molecule has 1 amide bonds. The van der Waals surface area contributed by atoms with Gasteiger partial charge in [0.25, 0.3) is 11.5 Å². The monoisotopic (exact) mass is 543 g/mol. The fraction of sp³-hybridized carbons (Fsp3) is 0.208. The molecule has 0 saturated carbocycles. The molecule has 0 spiro atoms. The van der Waals surface area contributed by atoms with Gasteiger partial charge in [-0.2, -0.15) is 26.3 Å². The Kier molecular flexibility index (Phi) is 6.61. The lowest BCUT2D eigenvalue weighted by Gasteiger charge is -2.22. The summed E-state index contributed by atoms with van der Waals surface area (Å²) < 4.78 is 94.5. The van der Waals surface area contributed by atoms with Crippen LogP contribution in [0.25, 0.3) is 21.3 Å².